The van der Waals surface area contributed by atoms with Gasteiger partial charge in [0.05, 0.1) is 12.1 Å². The Bertz CT molecular complexity index is 684. The normalized spacial score (nSPS) is 26.8. The maximum Gasteiger partial charge on any atom is 0.335 e. The summed E-state index contributed by atoms with van der Waals surface area (Å²) in [6, 6.07) is 6.12. The van der Waals surface area contributed by atoms with Crippen molar-refractivity contribution in [1.82, 2.24) is 4.90 Å². The maximum absolute atomic E-state index is 12.6. The molecular formula is C19H25NO6. The van der Waals surface area contributed by atoms with Crippen molar-refractivity contribution in [3.8, 4) is 5.75 Å². The molecule has 1 amide bonds. The highest BCUT2D eigenvalue weighted by atomic mass is 16.8. The Kier molecular flexibility index (Phi) is 4.94. The largest absolute Gasteiger partial charge is 0.478 e. The number of carbonyl (C=O) groups is 2. The molecule has 0 radical (unpaired) electrons. The van der Waals surface area contributed by atoms with E-state index in [0.717, 1.165) is 0 Å². The van der Waals surface area contributed by atoms with E-state index in [2.05, 4.69) is 0 Å². The lowest BCUT2D eigenvalue weighted by Gasteiger charge is -2.30. The third kappa shape index (κ3) is 3.83. The number of fused-ring (bicyclic) bond motifs is 1. The molecule has 0 aliphatic carbocycles. The zero-order valence-corrected chi connectivity index (χ0v) is 15.5. The van der Waals surface area contributed by atoms with E-state index >= 15 is 0 Å². The highest BCUT2D eigenvalue weighted by Gasteiger charge is 2.55. The van der Waals surface area contributed by atoms with Gasteiger partial charge in [-0.05, 0) is 44.0 Å². The van der Waals surface area contributed by atoms with Crippen molar-refractivity contribution in [1.29, 1.82) is 0 Å². The van der Waals surface area contributed by atoms with E-state index in [1.165, 1.54) is 12.1 Å². The van der Waals surface area contributed by atoms with Crippen molar-refractivity contribution in [2.75, 3.05) is 6.54 Å². The number of rotatable bonds is 5. The molecule has 0 aromatic heterocycles. The summed E-state index contributed by atoms with van der Waals surface area (Å²) in [5, 5.41) is 9.01. The second-order valence-electron chi connectivity index (χ2n) is 7.62. The van der Waals surface area contributed by atoms with Crippen LogP contribution in [0, 0.1) is 5.92 Å². The van der Waals surface area contributed by atoms with Crippen LogP contribution in [-0.2, 0) is 14.3 Å². The van der Waals surface area contributed by atoms with Gasteiger partial charge in [0.1, 0.15) is 18.0 Å². The average Bonchev–Trinajstić information content (AvgIpc) is 3.00. The van der Waals surface area contributed by atoms with E-state index < -0.39 is 18.0 Å². The van der Waals surface area contributed by atoms with Gasteiger partial charge in [-0.25, -0.2) is 4.79 Å². The van der Waals surface area contributed by atoms with E-state index in [1.807, 2.05) is 27.7 Å². The van der Waals surface area contributed by atoms with Gasteiger partial charge in [-0.2, -0.15) is 0 Å². The lowest BCUT2D eigenvalue weighted by atomic mass is 10.1. The van der Waals surface area contributed by atoms with Crippen molar-refractivity contribution in [2.45, 2.75) is 58.3 Å². The fraction of sp³-hybridized carbons (Fsp3) is 0.579. The predicted octanol–water partition coefficient (Wildman–Crippen LogP) is 2.50. The zero-order chi connectivity index (χ0) is 19.1. The number of amides is 1. The van der Waals surface area contributed by atoms with Gasteiger partial charge in [0.2, 0.25) is 12.1 Å². The minimum atomic E-state index is -1.000. The second kappa shape index (κ2) is 6.89. The Morgan fingerprint density at radius 1 is 1.27 bits per heavy atom. The van der Waals surface area contributed by atoms with Gasteiger partial charge in [-0.15, -0.1) is 0 Å². The molecule has 142 valence electrons. The third-order valence-corrected chi connectivity index (χ3v) is 4.45. The molecule has 7 heteroatoms. The Morgan fingerprint density at radius 3 is 2.50 bits per heavy atom. The number of carboxylic acid groups (broad SMARTS) is 1. The fourth-order valence-corrected chi connectivity index (χ4v) is 3.38. The number of carboxylic acids is 1. The van der Waals surface area contributed by atoms with Gasteiger partial charge < -0.3 is 24.2 Å². The molecule has 1 aromatic carbocycles. The van der Waals surface area contributed by atoms with E-state index in [4.69, 9.17) is 19.3 Å². The standard InChI is InChI=1S/C19H25NO6/c1-11(2)9-15(21)20-10-14-16(26-19(3,4)25-14)17(20)24-13-7-5-12(6-8-13)18(22)23/h5-8,11,14,16-17H,9-10H2,1-4H3,(H,22,23)/t14-,16-,17+/m0/s1. The SMILES string of the molecule is CC(C)CC(=O)N1C[C@@H]2OC(C)(C)O[C@@H]2[C@H]1Oc1ccc(C(=O)O)cc1. The van der Waals surface area contributed by atoms with Crippen molar-refractivity contribution < 1.29 is 28.9 Å². The third-order valence-electron chi connectivity index (χ3n) is 4.45. The minimum Gasteiger partial charge on any atom is -0.478 e. The van der Waals surface area contributed by atoms with Crippen molar-refractivity contribution >= 4 is 11.9 Å². The smallest absolute Gasteiger partial charge is 0.335 e. The summed E-state index contributed by atoms with van der Waals surface area (Å²) in [5.41, 5.74) is 0.177. The quantitative estimate of drug-likeness (QED) is 0.865. The molecule has 7 nitrogen and oxygen atoms in total. The van der Waals surface area contributed by atoms with Crippen LogP contribution in [0.25, 0.3) is 0 Å². The molecule has 2 aliphatic rings. The lowest BCUT2D eigenvalue weighted by Crippen LogP contribution is -2.45. The molecule has 2 aliphatic heterocycles. The van der Waals surface area contributed by atoms with E-state index in [9.17, 15) is 9.59 Å². The van der Waals surface area contributed by atoms with E-state index in [-0.39, 0.29) is 29.6 Å². The van der Waals surface area contributed by atoms with E-state index in [1.54, 1.807) is 17.0 Å². The molecule has 1 N–H and O–H groups in total. The van der Waals surface area contributed by atoms with E-state index in [0.29, 0.717) is 18.7 Å². The molecule has 2 fully saturated rings. The molecular weight excluding hydrogens is 338 g/mol. The Morgan fingerprint density at radius 2 is 1.92 bits per heavy atom. The van der Waals surface area contributed by atoms with Gasteiger partial charge in [0.15, 0.2) is 5.79 Å². The molecule has 2 saturated heterocycles. The van der Waals surface area contributed by atoms with Crippen LogP contribution in [0.1, 0.15) is 44.5 Å². The van der Waals surface area contributed by atoms with Gasteiger partial charge >= 0.3 is 5.97 Å². The van der Waals surface area contributed by atoms with Crippen molar-refractivity contribution in [3.63, 3.8) is 0 Å². The zero-order valence-electron chi connectivity index (χ0n) is 15.5. The molecule has 26 heavy (non-hydrogen) atoms. The first-order chi connectivity index (χ1) is 12.2. The first-order valence-electron chi connectivity index (χ1n) is 8.81. The summed E-state index contributed by atoms with van der Waals surface area (Å²) >= 11 is 0. The number of hydrogen-bond donors (Lipinski definition) is 1. The summed E-state index contributed by atoms with van der Waals surface area (Å²) < 4.78 is 17.9. The fourth-order valence-electron chi connectivity index (χ4n) is 3.38. The topological polar surface area (TPSA) is 85.3 Å². The Balaban J connectivity index is 1.80. The molecule has 3 rings (SSSR count). The van der Waals surface area contributed by atoms with Crippen molar-refractivity contribution in [3.05, 3.63) is 29.8 Å². The first kappa shape index (κ1) is 18.7. The van der Waals surface area contributed by atoms with Crippen LogP contribution >= 0.6 is 0 Å². The summed E-state index contributed by atoms with van der Waals surface area (Å²) in [7, 11) is 0. The van der Waals surface area contributed by atoms with Gasteiger partial charge in [-0.1, -0.05) is 13.8 Å². The van der Waals surface area contributed by atoms with Crippen LogP contribution in [0.2, 0.25) is 0 Å². The molecule has 0 bridgehead atoms. The number of benzene rings is 1. The lowest BCUT2D eigenvalue weighted by molar-refractivity contribution is -0.181. The van der Waals surface area contributed by atoms with Gasteiger partial charge in [-0.3, -0.25) is 4.79 Å². The predicted molar refractivity (Wildman–Crippen MR) is 92.8 cm³/mol. The maximum atomic E-state index is 12.6. The average molecular weight is 363 g/mol. The van der Waals surface area contributed by atoms with Crippen LogP contribution in [-0.4, -0.2) is 52.7 Å². The molecule has 0 saturated carbocycles. The number of hydrogen-bond acceptors (Lipinski definition) is 5. The number of likely N-dealkylation sites (tertiary alicyclic amines) is 1. The summed E-state index contributed by atoms with van der Waals surface area (Å²) in [6.07, 6.45) is -0.825. The molecule has 0 spiro atoms. The Labute approximate surface area is 152 Å². The first-order valence-corrected chi connectivity index (χ1v) is 8.81. The highest BCUT2D eigenvalue weighted by molar-refractivity contribution is 5.87. The summed E-state index contributed by atoms with van der Waals surface area (Å²) in [5.74, 6) is -1.02. The van der Waals surface area contributed by atoms with Crippen LogP contribution in [0.3, 0.4) is 0 Å². The number of ether oxygens (including phenoxy) is 3. The summed E-state index contributed by atoms with van der Waals surface area (Å²) in [6.45, 7) is 8.07. The minimum absolute atomic E-state index is 0.00781. The Hall–Kier alpha value is -2.12. The molecule has 2 heterocycles. The van der Waals surface area contributed by atoms with Crippen molar-refractivity contribution in [2.24, 2.45) is 5.92 Å². The van der Waals surface area contributed by atoms with Gasteiger partial charge in [0, 0.05) is 6.42 Å². The summed E-state index contributed by atoms with van der Waals surface area (Å²) in [4.78, 5) is 25.3. The number of carbonyl (C=O) groups excluding carboxylic acids is 1. The van der Waals surface area contributed by atoms with Crippen LogP contribution in [0.5, 0.6) is 5.75 Å². The monoisotopic (exact) mass is 363 g/mol. The van der Waals surface area contributed by atoms with Crippen LogP contribution in [0.4, 0.5) is 0 Å². The number of aromatic carboxylic acids is 1. The van der Waals surface area contributed by atoms with Gasteiger partial charge in [0.25, 0.3) is 0 Å². The highest BCUT2D eigenvalue weighted by Crippen LogP contribution is 2.38. The number of nitrogens with zero attached hydrogens (tertiary/aromatic N) is 1. The van der Waals surface area contributed by atoms with Crippen LogP contribution in [0.15, 0.2) is 24.3 Å². The molecule has 1 aromatic rings. The van der Waals surface area contributed by atoms with Crippen LogP contribution < -0.4 is 4.74 Å². The molecule has 0 unspecified atom stereocenters. The second-order valence-corrected chi connectivity index (χ2v) is 7.62. The molecule has 3 atom stereocenters.